The van der Waals surface area contributed by atoms with Crippen molar-refractivity contribution >= 4 is 172 Å². The lowest BCUT2D eigenvalue weighted by Crippen LogP contribution is -2.29. The van der Waals surface area contributed by atoms with Gasteiger partial charge in [-0.25, -0.2) is 23.4 Å². The molecule has 18 N–H and O–H groups in total. The topological polar surface area (TPSA) is 635 Å². The molecule has 1 amide bonds. The minimum atomic E-state index is -5.29. The summed E-state index contributed by atoms with van der Waals surface area (Å²) in [5.41, 5.74) is 1.04. The molecule has 0 saturated carbocycles. The number of aromatic hydroxyl groups is 1. The van der Waals surface area contributed by atoms with Gasteiger partial charge in [0.25, 0.3) is 42.9 Å². The average Bonchev–Trinajstić information content (AvgIpc) is 0.724. The molecule has 10 rings (SSSR count). The van der Waals surface area contributed by atoms with Crippen molar-refractivity contribution in [1.29, 1.82) is 0 Å². The monoisotopic (exact) mass is 1640 g/mol. The molecular formula is C54H52Cl3FN18O23S6. The summed E-state index contributed by atoms with van der Waals surface area (Å²) in [5, 5.41) is 34.4. The van der Waals surface area contributed by atoms with Crippen LogP contribution < -0.4 is 53.3 Å². The largest absolute Gasteiger partial charge is 0.494 e. The molecule has 0 radical (unpaired) electrons. The number of hydrogen-bond donors (Lipinski definition) is 17. The van der Waals surface area contributed by atoms with Crippen LogP contribution in [0.5, 0.6) is 17.4 Å². The zero-order chi connectivity index (χ0) is 77.5. The van der Waals surface area contributed by atoms with Crippen LogP contribution in [0.1, 0.15) is 28.7 Å². The highest BCUT2D eigenvalue weighted by Gasteiger charge is 2.36. The molecule has 41 nitrogen and oxygen atoms in total. The van der Waals surface area contributed by atoms with Crippen molar-refractivity contribution in [3.8, 4) is 28.8 Å². The first-order valence-electron chi connectivity index (χ1n) is 28.4. The first kappa shape index (κ1) is 79.4. The molecule has 105 heavy (non-hydrogen) atoms. The van der Waals surface area contributed by atoms with Gasteiger partial charge in [0.2, 0.25) is 34.9 Å². The van der Waals surface area contributed by atoms with Gasteiger partial charge in [-0.1, -0.05) is 29.8 Å². The van der Waals surface area contributed by atoms with Gasteiger partial charge in [-0.3, -0.25) is 41.5 Å². The highest BCUT2D eigenvalue weighted by atomic mass is 35.5. The van der Waals surface area contributed by atoms with Crippen LogP contribution in [-0.2, 0) is 50.9 Å². The minimum absolute atomic E-state index is 0.0341. The van der Waals surface area contributed by atoms with Crippen molar-refractivity contribution in [2.75, 3.05) is 46.7 Å². The highest BCUT2D eigenvalue weighted by molar-refractivity contribution is 8.19. The number of carbonyl (C=O) groups is 1. The van der Waals surface area contributed by atoms with Gasteiger partial charge in [-0.2, -0.15) is 54.6 Å². The number of anilines is 8. The van der Waals surface area contributed by atoms with Crippen molar-refractivity contribution in [2.24, 2.45) is 21.0 Å². The summed E-state index contributed by atoms with van der Waals surface area (Å²) < 4.78 is 218. The molecule has 0 bridgehead atoms. The highest BCUT2D eigenvalue weighted by Crippen LogP contribution is 2.56. The number of nitrogens with one attached hydrogen (secondary N) is 6. The number of aromatic nitrogens is 8. The molecule has 4 aromatic carbocycles. The number of benzene rings is 5. The van der Waals surface area contributed by atoms with E-state index in [-0.39, 0.29) is 120 Å². The van der Waals surface area contributed by atoms with Crippen molar-refractivity contribution in [2.45, 2.75) is 57.8 Å². The second-order valence-electron chi connectivity index (χ2n) is 21.3. The van der Waals surface area contributed by atoms with Crippen molar-refractivity contribution in [1.82, 2.24) is 44.8 Å². The fourth-order valence-corrected chi connectivity index (χ4v) is 14.1. The number of fused-ring (bicyclic) bond motifs is 4. The number of rotatable bonds is 24. The third-order valence-corrected chi connectivity index (χ3v) is 20.4. The molecule has 560 valence electrons. The summed E-state index contributed by atoms with van der Waals surface area (Å²) in [6.45, 7) is 10.3. The number of hydrogen-bond acceptors (Lipinski definition) is 36. The minimum Gasteiger partial charge on any atom is -0.494 e. The fraction of sp³-hybridized carbons (Fsp3) is 0.148. The van der Waals surface area contributed by atoms with E-state index in [1.807, 2.05) is 6.92 Å². The molecule has 1 unspecified atom stereocenters. The van der Waals surface area contributed by atoms with E-state index in [1.165, 1.54) is 49.4 Å². The Morgan fingerprint density at radius 3 is 2.04 bits per heavy atom. The molecule has 0 saturated heterocycles. The molecular weight excluding hydrogens is 1590 g/mol. The van der Waals surface area contributed by atoms with E-state index < -0.39 is 151 Å². The molecule has 1 aliphatic carbocycles. The third-order valence-electron chi connectivity index (χ3n) is 14.1. The van der Waals surface area contributed by atoms with Gasteiger partial charge < -0.3 is 69.7 Å². The van der Waals surface area contributed by atoms with Crippen molar-refractivity contribution in [3.05, 3.63) is 139 Å². The number of nitrogens with two attached hydrogens (primary N) is 1. The second kappa shape index (κ2) is 30.4. The first-order valence-corrected chi connectivity index (χ1v) is 38.3. The fourth-order valence-electron chi connectivity index (χ4n) is 9.40. The number of carbonyl (C=O) groups excluding carboxylic acids is 1. The number of amides is 1. The van der Waals surface area contributed by atoms with Crippen LogP contribution in [0.3, 0.4) is 0 Å². The number of nitrogens with zero attached hydrogens (tertiary/aromatic N) is 11. The van der Waals surface area contributed by atoms with Gasteiger partial charge in [0.05, 0.1) is 32.2 Å². The Morgan fingerprint density at radius 2 is 1.44 bits per heavy atom. The van der Waals surface area contributed by atoms with Crippen LogP contribution in [0, 0.1) is 19.9 Å². The number of pyridine rings is 1. The van der Waals surface area contributed by atoms with E-state index in [9.17, 15) is 80.1 Å². The first-order chi connectivity index (χ1) is 48.8. The lowest BCUT2D eigenvalue weighted by atomic mass is 10.1. The van der Waals surface area contributed by atoms with Gasteiger partial charge in [0.15, 0.2) is 48.2 Å². The maximum Gasteiger partial charge on any atom is 0.315 e. The molecule has 5 heterocycles. The number of ether oxygens (including phenoxy) is 1. The predicted octanol–water partition coefficient (Wildman–Crippen LogP) is 9.32. The second-order valence-corrected chi connectivity index (χ2v) is 30.9. The molecule has 0 fully saturated rings. The van der Waals surface area contributed by atoms with Gasteiger partial charge in [0, 0.05) is 42.3 Å². The number of azo groups is 1. The molecule has 51 heteroatoms. The summed E-state index contributed by atoms with van der Waals surface area (Å²) in [4.78, 5) is 53.1. The number of likely N-dealkylation sites (N-methyl/N-ethyl adjacent to an activating group) is 1. The maximum absolute atomic E-state index is 14.4. The molecule has 3 aromatic heterocycles. The van der Waals surface area contributed by atoms with Gasteiger partial charge in [-0.05, 0) is 107 Å². The number of primary amides is 1. The Hall–Kier alpha value is -9.68. The van der Waals surface area contributed by atoms with E-state index in [4.69, 9.17) is 63.3 Å². The standard InChI is InChI=1S/C30H29ClFN13O11S3.C24H23Cl2N5O12S3/c1-4-57(49,50)16-7-5-15(6-8-16)37-30-41-27(32)40-28(42-30)34-9-10-45-24(47)21(23(33)46)13(2)22(25(45)48)44-43-18-11-17(38-29-36-14(3)35-26(31)39-29)19(58(51,52)53)12-20(18)59(54,55)56;1-9(27-3)8-28-13-6-4-11-19(23(13)44(32,33)34)41-21-15(25)18-22(16(26)17(21)30-11)42-20-12(31-18)5-7-14(24(20)45(35,36)37)29-10(2)43-46(38,39)40/h4-8,11-12,47,51-53H,1,9-10H2,2-3H3,(H2,33,46)(H,54,55,56)(H,35,36,38,39)(H2,34,37,40,41,42);4-7,9,27-28,30,38-40H,2,8H2,1,3H3,(H,32,33,34)(H,35,36,37). The van der Waals surface area contributed by atoms with Crippen LogP contribution in [0.2, 0.25) is 15.3 Å². The summed E-state index contributed by atoms with van der Waals surface area (Å²) in [5.74, 6) is -5.03. The summed E-state index contributed by atoms with van der Waals surface area (Å²) in [7, 11) is -22.1. The lowest BCUT2D eigenvalue weighted by Gasteiger charge is -2.27. The Labute approximate surface area is 608 Å². The van der Waals surface area contributed by atoms with E-state index in [0.29, 0.717) is 10.6 Å². The Kier molecular flexibility index (Phi) is 23.0. The SMILES string of the molecule is C=C(N=c1ccc2nc3c(Cl)c4c(c(Cl)c3oc-2c1S(=O)(=O)O)Nc1ccc(NCC(C)NC)c(S(=O)(=O)O)c1O4)OS(O)(O)O.C=CS(=O)(=O)c1ccc(Nc2nc(F)nc(NCCn3c(O)c(C(N)=O)c(C)c(N=Nc4cc(Nc5nc(C)nc(Cl)n5)c(S(O)(O)O)cc4S(=O)(=O)O)c3=O)n2)cc1. The summed E-state index contributed by atoms with van der Waals surface area (Å²) in [6, 6.07) is 11.4. The zero-order valence-corrected chi connectivity index (χ0v) is 60.4. The third kappa shape index (κ3) is 18.2. The van der Waals surface area contributed by atoms with Crippen LogP contribution >= 0.6 is 56.8 Å². The lowest BCUT2D eigenvalue weighted by molar-refractivity contribution is 0.0995. The molecule has 1 atom stereocenters. The Balaban J connectivity index is 0.000000251. The zero-order valence-electron chi connectivity index (χ0n) is 53.2. The normalized spacial score (nSPS) is 13.4. The van der Waals surface area contributed by atoms with Gasteiger partial charge >= 0.3 is 16.2 Å². The number of sulfone groups is 1. The van der Waals surface area contributed by atoms with Crippen LogP contribution in [-0.4, -0.2) is 151 Å². The quantitative estimate of drug-likeness (QED) is 0.0116. The van der Waals surface area contributed by atoms with Crippen molar-refractivity contribution < 1.29 is 102 Å². The Bertz CT molecular complexity index is 5680. The molecule has 2 aliphatic heterocycles. The maximum atomic E-state index is 14.4. The van der Waals surface area contributed by atoms with E-state index in [0.717, 1.165) is 24.5 Å². The smallest absolute Gasteiger partial charge is 0.315 e. The molecule has 3 aliphatic rings. The Morgan fingerprint density at radius 1 is 0.781 bits per heavy atom. The van der Waals surface area contributed by atoms with Gasteiger partial charge in [0.1, 0.15) is 59.8 Å². The molecule has 0 spiro atoms. The van der Waals surface area contributed by atoms with Crippen LogP contribution in [0.25, 0.3) is 22.6 Å². The van der Waals surface area contributed by atoms with Crippen LogP contribution in [0.15, 0.2) is 134 Å². The number of aryl methyl sites for hydroxylation is 1. The van der Waals surface area contributed by atoms with E-state index >= 15 is 0 Å². The van der Waals surface area contributed by atoms with E-state index in [1.54, 1.807) is 7.05 Å². The number of halogens is 4. The van der Waals surface area contributed by atoms with Crippen LogP contribution in [0.4, 0.5) is 62.0 Å². The van der Waals surface area contributed by atoms with Gasteiger partial charge in [-0.15, -0.1) is 10.2 Å². The summed E-state index contributed by atoms with van der Waals surface area (Å²) >= 11 is 14.6. The summed E-state index contributed by atoms with van der Waals surface area (Å²) in [6.07, 6.45) is -1.25. The average molecular weight is 1640 g/mol. The van der Waals surface area contributed by atoms with E-state index in [2.05, 4.69) is 99.4 Å². The van der Waals surface area contributed by atoms with Crippen molar-refractivity contribution in [3.63, 3.8) is 0 Å². The molecule has 7 aromatic rings. The predicted molar refractivity (Wildman–Crippen MR) is 376 cm³/mol.